The van der Waals surface area contributed by atoms with E-state index in [1.54, 1.807) is 18.4 Å². The maximum Gasteiger partial charge on any atom is 0.237 e. The molecule has 2 aromatic heterocycles. The number of ether oxygens (including phenoxy) is 2. The van der Waals surface area contributed by atoms with E-state index in [1.165, 1.54) is 0 Å². The first-order valence-corrected chi connectivity index (χ1v) is 6.95. The highest BCUT2D eigenvalue weighted by Crippen LogP contribution is 2.22. The average Bonchev–Trinajstić information content (AvgIpc) is 2.91. The SMILES string of the molecule is CCOC(C)CNCc1c(OC)nc2sccn12. The molecule has 1 unspecified atom stereocenters. The molecule has 1 atom stereocenters. The van der Waals surface area contributed by atoms with Gasteiger partial charge in [-0.3, -0.25) is 4.40 Å². The molecule has 0 saturated heterocycles. The summed E-state index contributed by atoms with van der Waals surface area (Å²) in [5, 5.41) is 5.39. The molecule has 100 valence electrons. The highest BCUT2D eigenvalue weighted by atomic mass is 32.1. The lowest BCUT2D eigenvalue weighted by Gasteiger charge is -2.12. The maximum absolute atomic E-state index is 5.48. The van der Waals surface area contributed by atoms with Gasteiger partial charge in [-0.05, 0) is 13.8 Å². The topological polar surface area (TPSA) is 47.8 Å². The lowest BCUT2D eigenvalue weighted by Crippen LogP contribution is -2.27. The van der Waals surface area contributed by atoms with Crippen molar-refractivity contribution in [1.29, 1.82) is 0 Å². The number of imidazole rings is 1. The molecule has 0 aliphatic rings. The molecular weight excluding hydrogens is 250 g/mol. The van der Waals surface area contributed by atoms with Gasteiger partial charge in [0.15, 0.2) is 4.96 Å². The summed E-state index contributed by atoms with van der Waals surface area (Å²) < 4.78 is 12.8. The highest BCUT2D eigenvalue weighted by Gasteiger charge is 2.13. The third-order valence-electron chi connectivity index (χ3n) is 2.69. The van der Waals surface area contributed by atoms with Gasteiger partial charge in [-0.1, -0.05) is 0 Å². The molecule has 18 heavy (non-hydrogen) atoms. The molecule has 2 aromatic rings. The minimum absolute atomic E-state index is 0.215. The van der Waals surface area contributed by atoms with E-state index in [4.69, 9.17) is 9.47 Å². The van der Waals surface area contributed by atoms with Crippen LogP contribution in [0, 0.1) is 0 Å². The molecule has 0 fully saturated rings. The molecule has 6 heteroatoms. The third-order valence-corrected chi connectivity index (χ3v) is 3.45. The number of fused-ring (bicyclic) bond motifs is 1. The smallest absolute Gasteiger partial charge is 0.237 e. The van der Waals surface area contributed by atoms with Crippen molar-refractivity contribution < 1.29 is 9.47 Å². The Morgan fingerprint density at radius 1 is 1.56 bits per heavy atom. The molecule has 0 bridgehead atoms. The van der Waals surface area contributed by atoms with Gasteiger partial charge in [-0.2, -0.15) is 4.98 Å². The van der Waals surface area contributed by atoms with Crippen LogP contribution < -0.4 is 10.1 Å². The van der Waals surface area contributed by atoms with Gasteiger partial charge in [0.05, 0.1) is 13.2 Å². The second kappa shape index (κ2) is 6.17. The molecule has 0 saturated carbocycles. The van der Waals surface area contributed by atoms with Gasteiger partial charge in [0, 0.05) is 31.3 Å². The molecule has 1 N–H and O–H groups in total. The molecule has 0 spiro atoms. The number of methoxy groups -OCH3 is 1. The van der Waals surface area contributed by atoms with Crippen LogP contribution in [-0.4, -0.2) is 35.8 Å². The monoisotopic (exact) mass is 269 g/mol. The van der Waals surface area contributed by atoms with Gasteiger partial charge < -0.3 is 14.8 Å². The first kappa shape index (κ1) is 13.3. The Labute approximate surface area is 111 Å². The van der Waals surface area contributed by atoms with Crippen molar-refractivity contribution in [2.75, 3.05) is 20.3 Å². The van der Waals surface area contributed by atoms with Crippen LogP contribution in [0.1, 0.15) is 19.5 Å². The molecule has 2 heterocycles. The number of rotatable bonds is 7. The van der Waals surface area contributed by atoms with E-state index in [0.29, 0.717) is 5.88 Å². The van der Waals surface area contributed by atoms with Gasteiger partial charge in [0.1, 0.15) is 5.69 Å². The standard InChI is InChI=1S/C12H19N3O2S/c1-4-17-9(2)7-13-8-10-11(16-3)14-12-15(10)5-6-18-12/h5-6,9,13H,4,7-8H2,1-3H3. The second-order valence-electron chi connectivity index (χ2n) is 4.02. The van der Waals surface area contributed by atoms with Crippen LogP contribution in [0.4, 0.5) is 0 Å². The summed E-state index contributed by atoms with van der Waals surface area (Å²) in [6, 6.07) is 0. The quantitative estimate of drug-likeness (QED) is 0.834. The van der Waals surface area contributed by atoms with Crippen LogP contribution >= 0.6 is 11.3 Å². The number of nitrogens with one attached hydrogen (secondary N) is 1. The molecular formula is C12H19N3O2S. The van der Waals surface area contributed by atoms with Gasteiger partial charge >= 0.3 is 0 Å². The van der Waals surface area contributed by atoms with E-state index in [1.807, 2.05) is 18.5 Å². The molecule has 0 amide bonds. The Kier molecular flexibility index (Phi) is 4.57. The Bertz CT molecular complexity index is 494. The molecule has 0 radical (unpaired) electrons. The van der Waals surface area contributed by atoms with Gasteiger partial charge in [-0.25, -0.2) is 0 Å². The van der Waals surface area contributed by atoms with Crippen molar-refractivity contribution in [2.45, 2.75) is 26.5 Å². The second-order valence-corrected chi connectivity index (χ2v) is 4.89. The van der Waals surface area contributed by atoms with Crippen molar-refractivity contribution in [3.63, 3.8) is 0 Å². The summed E-state index contributed by atoms with van der Waals surface area (Å²) >= 11 is 1.60. The molecule has 0 aromatic carbocycles. The minimum Gasteiger partial charge on any atom is -0.480 e. The molecule has 5 nitrogen and oxygen atoms in total. The van der Waals surface area contributed by atoms with Crippen LogP contribution in [-0.2, 0) is 11.3 Å². The van der Waals surface area contributed by atoms with Crippen molar-refractivity contribution in [3.05, 3.63) is 17.3 Å². The van der Waals surface area contributed by atoms with Crippen LogP contribution in [0.2, 0.25) is 0 Å². The molecule has 0 aliphatic heterocycles. The van der Waals surface area contributed by atoms with E-state index >= 15 is 0 Å². The van der Waals surface area contributed by atoms with Gasteiger partial charge in [0.2, 0.25) is 5.88 Å². The Morgan fingerprint density at radius 2 is 2.39 bits per heavy atom. The Morgan fingerprint density at radius 3 is 3.11 bits per heavy atom. The lowest BCUT2D eigenvalue weighted by atomic mass is 10.3. The van der Waals surface area contributed by atoms with Crippen molar-refractivity contribution in [1.82, 2.24) is 14.7 Å². The summed E-state index contributed by atoms with van der Waals surface area (Å²) in [5.41, 5.74) is 1.05. The fraction of sp³-hybridized carbons (Fsp3) is 0.583. The first-order chi connectivity index (χ1) is 8.76. The normalized spacial score (nSPS) is 13.1. The fourth-order valence-corrected chi connectivity index (χ4v) is 2.60. The van der Waals surface area contributed by atoms with Gasteiger partial charge in [-0.15, -0.1) is 11.3 Å². The largest absolute Gasteiger partial charge is 0.480 e. The first-order valence-electron chi connectivity index (χ1n) is 6.07. The number of hydrogen-bond donors (Lipinski definition) is 1. The van der Waals surface area contributed by atoms with E-state index in [9.17, 15) is 0 Å². The molecule has 2 rings (SSSR count). The zero-order valence-corrected chi connectivity index (χ0v) is 11.8. The summed E-state index contributed by atoms with van der Waals surface area (Å²) in [7, 11) is 1.65. The van der Waals surface area contributed by atoms with E-state index in [0.717, 1.165) is 30.4 Å². The Balaban J connectivity index is 1.99. The number of aromatic nitrogens is 2. The van der Waals surface area contributed by atoms with Crippen LogP contribution in [0.5, 0.6) is 5.88 Å². The molecule has 0 aliphatic carbocycles. The Hall–Kier alpha value is -1.11. The third kappa shape index (κ3) is 2.82. The summed E-state index contributed by atoms with van der Waals surface area (Å²) in [6.07, 6.45) is 2.23. The van der Waals surface area contributed by atoms with E-state index < -0.39 is 0 Å². The van der Waals surface area contributed by atoms with Crippen LogP contribution in [0.25, 0.3) is 4.96 Å². The lowest BCUT2D eigenvalue weighted by molar-refractivity contribution is 0.0758. The summed E-state index contributed by atoms with van der Waals surface area (Å²) in [5.74, 6) is 0.693. The van der Waals surface area contributed by atoms with Gasteiger partial charge in [0.25, 0.3) is 0 Å². The van der Waals surface area contributed by atoms with E-state index in [2.05, 4.69) is 21.6 Å². The van der Waals surface area contributed by atoms with Crippen LogP contribution in [0.15, 0.2) is 11.6 Å². The minimum atomic E-state index is 0.215. The average molecular weight is 269 g/mol. The summed E-state index contributed by atoms with van der Waals surface area (Å²) in [6.45, 7) is 6.34. The van der Waals surface area contributed by atoms with Crippen molar-refractivity contribution in [2.24, 2.45) is 0 Å². The van der Waals surface area contributed by atoms with Crippen LogP contribution in [0.3, 0.4) is 0 Å². The predicted molar refractivity (Wildman–Crippen MR) is 72.4 cm³/mol. The summed E-state index contributed by atoms with van der Waals surface area (Å²) in [4.78, 5) is 5.37. The fourth-order valence-electron chi connectivity index (χ4n) is 1.87. The van der Waals surface area contributed by atoms with Crippen molar-refractivity contribution >= 4 is 16.3 Å². The number of hydrogen-bond acceptors (Lipinski definition) is 5. The zero-order chi connectivity index (χ0) is 13.0. The van der Waals surface area contributed by atoms with E-state index in [-0.39, 0.29) is 6.10 Å². The number of nitrogens with zero attached hydrogens (tertiary/aromatic N) is 2. The zero-order valence-electron chi connectivity index (χ0n) is 11.0. The maximum atomic E-state index is 5.48. The highest BCUT2D eigenvalue weighted by molar-refractivity contribution is 7.15. The van der Waals surface area contributed by atoms with Crippen molar-refractivity contribution in [3.8, 4) is 5.88 Å². The number of thiazole rings is 1. The predicted octanol–water partition coefficient (Wildman–Crippen LogP) is 1.92.